The number of carbonyl (C=O) groups excluding carboxylic acids is 2. The van der Waals surface area contributed by atoms with Crippen LogP contribution in [0.5, 0.6) is 0 Å². The number of allylic oxidation sites excluding steroid dienone is 1. The van der Waals surface area contributed by atoms with Crippen LogP contribution < -0.4 is 21.7 Å². The third kappa shape index (κ3) is 5.13. The van der Waals surface area contributed by atoms with E-state index in [2.05, 4.69) is 40.9 Å². The Balaban J connectivity index is 1.94. The highest BCUT2D eigenvalue weighted by Crippen LogP contribution is 2.39. The summed E-state index contributed by atoms with van der Waals surface area (Å²) in [4.78, 5) is 45.8. The van der Waals surface area contributed by atoms with Crippen molar-refractivity contribution in [1.82, 2.24) is 30.6 Å². The van der Waals surface area contributed by atoms with Crippen molar-refractivity contribution in [3.8, 4) is 0 Å². The molecule has 0 unspecified atom stereocenters. The number of carbonyl (C=O) groups is 2. The van der Waals surface area contributed by atoms with Crippen molar-refractivity contribution < 1.29 is 9.59 Å². The SMILES string of the molecule is CCN=CC(NC(=O)c1nc(C2CC2)cnc1Nc1cncnc1)=C(N)C(=O)NC. The van der Waals surface area contributed by atoms with Gasteiger partial charge in [-0.1, -0.05) is 0 Å². The number of rotatable bonds is 8. The van der Waals surface area contributed by atoms with Gasteiger partial charge in [0.05, 0.1) is 35.7 Å². The molecule has 156 valence electrons. The van der Waals surface area contributed by atoms with Crippen LogP contribution in [0, 0.1) is 0 Å². The molecular weight excluding hydrogens is 386 g/mol. The van der Waals surface area contributed by atoms with Gasteiger partial charge in [0.25, 0.3) is 11.8 Å². The van der Waals surface area contributed by atoms with Crippen LogP contribution in [-0.4, -0.2) is 51.6 Å². The number of nitrogens with one attached hydrogen (secondary N) is 3. The number of amides is 2. The molecule has 0 spiro atoms. The fourth-order valence-electron chi connectivity index (χ4n) is 2.52. The normalized spacial score (nSPS) is 14.2. The van der Waals surface area contributed by atoms with Gasteiger partial charge >= 0.3 is 0 Å². The number of hydrogen-bond donors (Lipinski definition) is 4. The van der Waals surface area contributed by atoms with Gasteiger partial charge < -0.3 is 21.7 Å². The van der Waals surface area contributed by atoms with Gasteiger partial charge in [-0.15, -0.1) is 0 Å². The molecule has 30 heavy (non-hydrogen) atoms. The number of aliphatic imine (C=N–C) groups is 1. The molecule has 3 rings (SSSR count). The number of nitrogens with zero attached hydrogens (tertiary/aromatic N) is 5. The topological polar surface area (TPSA) is 160 Å². The van der Waals surface area contributed by atoms with Gasteiger partial charge in [0.1, 0.15) is 12.0 Å². The number of hydrogen-bond acceptors (Lipinski definition) is 9. The highest BCUT2D eigenvalue weighted by molar-refractivity contribution is 6.05. The average Bonchev–Trinajstić information content (AvgIpc) is 3.62. The first-order valence-corrected chi connectivity index (χ1v) is 9.45. The molecule has 0 radical (unpaired) electrons. The second kappa shape index (κ2) is 9.54. The van der Waals surface area contributed by atoms with Crippen molar-refractivity contribution in [3.05, 3.63) is 47.7 Å². The second-order valence-corrected chi connectivity index (χ2v) is 6.51. The van der Waals surface area contributed by atoms with E-state index in [0.717, 1.165) is 18.5 Å². The van der Waals surface area contributed by atoms with E-state index in [4.69, 9.17) is 5.73 Å². The summed E-state index contributed by atoms with van der Waals surface area (Å²) in [5.41, 5.74) is 7.15. The van der Waals surface area contributed by atoms with Crippen molar-refractivity contribution in [2.45, 2.75) is 25.7 Å². The van der Waals surface area contributed by atoms with Crippen LogP contribution in [0.25, 0.3) is 0 Å². The molecule has 11 heteroatoms. The summed E-state index contributed by atoms with van der Waals surface area (Å²) in [5.74, 6) is -0.582. The summed E-state index contributed by atoms with van der Waals surface area (Å²) in [7, 11) is 1.44. The molecular formula is C19H23N9O2. The van der Waals surface area contributed by atoms with E-state index in [1.807, 2.05) is 6.92 Å². The van der Waals surface area contributed by atoms with Crippen LogP contribution >= 0.6 is 0 Å². The van der Waals surface area contributed by atoms with E-state index < -0.39 is 11.8 Å². The maximum atomic E-state index is 13.1. The molecule has 1 saturated carbocycles. The molecule has 0 bridgehead atoms. The molecule has 0 atom stereocenters. The van der Waals surface area contributed by atoms with Crippen molar-refractivity contribution in [3.63, 3.8) is 0 Å². The summed E-state index contributed by atoms with van der Waals surface area (Å²) in [6.07, 6.45) is 9.50. The van der Waals surface area contributed by atoms with Crippen LogP contribution in [0.4, 0.5) is 11.5 Å². The first-order valence-electron chi connectivity index (χ1n) is 9.45. The van der Waals surface area contributed by atoms with E-state index in [9.17, 15) is 9.59 Å². The zero-order valence-electron chi connectivity index (χ0n) is 16.7. The molecule has 0 saturated heterocycles. The van der Waals surface area contributed by atoms with E-state index in [1.54, 1.807) is 18.6 Å². The number of anilines is 2. The Morgan fingerprint density at radius 2 is 2.00 bits per heavy atom. The Kier molecular flexibility index (Phi) is 6.63. The Hall–Kier alpha value is -3.89. The molecule has 2 aromatic heterocycles. The van der Waals surface area contributed by atoms with Crippen LogP contribution in [0.15, 0.2) is 41.3 Å². The van der Waals surface area contributed by atoms with Crippen LogP contribution in [0.2, 0.25) is 0 Å². The Morgan fingerprint density at radius 1 is 1.27 bits per heavy atom. The van der Waals surface area contributed by atoms with Crippen molar-refractivity contribution in [2.24, 2.45) is 10.7 Å². The monoisotopic (exact) mass is 409 g/mol. The molecule has 1 aliphatic rings. The summed E-state index contributed by atoms with van der Waals surface area (Å²) in [6, 6.07) is 0. The van der Waals surface area contributed by atoms with Gasteiger partial charge in [0.2, 0.25) is 0 Å². The maximum Gasteiger partial charge on any atom is 0.278 e. The fraction of sp³-hybridized carbons (Fsp3) is 0.316. The minimum Gasteiger partial charge on any atom is -0.393 e. The first kappa shape index (κ1) is 20.8. The van der Waals surface area contributed by atoms with Gasteiger partial charge in [-0.05, 0) is 19.8 Å². The Labute approximate surface area is 173 Å². The van der Waals surface area contributed by atoms with Gasteiger partial charge in [-0.3, -0.25) is 14.6 Å². The lowest BCUT2D eigenvalue weighted by atomic mass is 10.2. The Bertz CT molecular complexity index is 985. The molecule has 0 aliphatic heterocycles. The van der Waals surface area contributed by atoms with Crippen LogP contribution in [-0.2, 0) is 4.79 Å². The van der Waals surface area contributed by atoms with E-state index >= 15 is 0 Å². The van der Waals surface area contributed by atoms with Crippen molar-refractivity contribution in [2.75, 3.05) is 18.9 Å². The second-order valence-electron chi connectivity index (χ2n) is 6.51. The van der Waals surface area contributed by atoms with Crippen molar-refractivity contribution >= 4 is 29.5 Å². The molecule has 2 heterocycles. The van der Waals surface area contributed by atoms with Gasteiger partial charge in [-0.25, -0.2) is 19.9 Å². The van der Waals surface area contributed by atoms with E-state index in [0.29, 0.717) is 18.2 Å². The number of aromatic nitrogens is 4. The predicted octanol–water partition coefficient (Wildman–Crippen LogP) is 0.624. The first-order chi connectivity index (χ1) is 14.5. The standard InChI is InChI=1S/C19H23N9O2/c1-3-22-8-14(15(20)18(29)21-2)28-19(30)16-17(26-12-6-23-10-24-7-12)25-9-13(27-16)11-4-5-11/h6-11H,3-5,20H2,1-2H3,(H,21,29)(H,25,26)(H,28,30). The lowest BCUT2D eigenvalue weighted by Gasteiger charge is -2.13. The summed E-state index contributed by atoms with van der Waals surface area (Å²) in [6.45, 7) is 2.28. The van der Waals surface area contributed by atoms with Gasteiger partial charge in [0, 0.05) is 25.7 Å². The minimum absolute atomic E-state index is 0.0651. The number of likely N-dealkylation sites (N-methyl/N-ethyl adjacent to an activating group) is 1. The third-order valence-corrected chi connectivity index (χ3v) is 4.24. The maximum absolute atomic E-state index is 13.1. The minimum atomic E-state index is -0.575. The highest BCUT2D eigenvalue weighted by atomic mass is 16.2. The van der Waals surface area contributed by atoms with E-state index in [-0.39, 0.29) is 22.9 Å². The molecule has 0 aromatic carbocycles. The third-order valence-electron chi connectivity index (χ3n) is 4.24. The largest absolute Gasteiger partial charge is 0.393 e. The van der Waals surface area contributed by atoms with E-state index in [1.165, 1.54) is 19.6 Å². The molecule has 1 aliphatic carbocycles. The highest BCUT2D eigenvalue weighted by Gasteiger charge is 2.28. The summed E-state index contributed by atoms with van der Waals surface area (Å²) in [5, 5.41) is 8.05. The summed E-state index contributed by atoms with van der Waals surface area (Å²) >= 11 is 0. The fourth-order valence-corrected chi connectivity index (χ4v) is 2.52. The van der Waals surface area contributed by atoms with Crippen molar-refractivity contribution in [1.29, 1.82) is 0 Å². The smallest absolute Gasteiger partial charge is 0.278 e. The molecule has 2 aromatic rings. The number of nitrogens with two attached hydrogens (primary N) is 1. The van der Waals surface area contributed by atoms with Gasteiger partial charge in [0.15, 0.2) is 11.5 Å². The summed E-state index contributed by atoms with van der Waals surface area (Å²) < 4.78 is 0. The zero-order chi connectivity index (χ0) is 21.5. The zero-order valence-corrected chi connectivity index (χ0v) is 16.7. The van der Waals surface area contributed by atoms with Crippen LogP contribution in [0.1, 0.15) is 41.9 Å². The molecule has 5 N–H and O–H groups in total. The average molecular weight is 409 g/mol. The van der Waals surface area contributed by atoms with Crippen LogP contribution in [0.3, 0.4) is 0 Å². The lowest BCUT2D eigenvalue weighted by Crippen LogP contribution is -2.34. The molecule has 11 nitrogen and oxygen atoms in total. The predicted molar refractivity (Wildman–Crippen MR) is 111 cm³/mol. The van der Waals surface area contributed by atoms with Gasteiger partial charge in [-0.2, -0.15) is 0 Å². The molecule has 2 amide bonds. The lowest BCUT2D eigenvalue weighted by molar-refractivity contribution is -0.117. The molecule has 1 fully saturated rings. The quantitative estimate of drug-likeness (QED) is 0.365. The Morgan fingerprint density at radius 3 is 2.63 bits per heavy atom.